The average molecular weight is 311 g/mol. The first-order valence-corrected chi connectivity index (χ1v) is 8.52. The van der Waals surface area contributed by atoms with Gasteiger partial charge in [0.25, 0.3) is 0 Å². The summed E-state index contributed by atoms with van der Waals surface area (Å²) in [5.41, 5.74) is 0.513. The van der Waals surface area contributed by atoms with Gasteiger partial charge < -0.3 is 9.64 Å². The average Bonchev–Trinajstić information content (AvgIpc) is 2.75. The fraction of sp³-hybridized carbons (Fsp3) is 0.583. The number of hydrogen-bond acceptors (Lipinski definition) is 7. The zero-order valence-electron chi connectivity index (χ0n) is 12.1. The van der Waals surface area contributed by atoms with E-state index < -0.39 is 9.84 Å². The van der Waals surface area contributed by atoms with E-state index in [0.717, 1.165) is 30.5 Å². The number of morpholine rings is 1. The minimum atomic E-state index is -3.43. The number of aryl methyl sites for hydroxylation is 1. The minimum Gasteiger partial charge on any atom is -0.375 e. The van der Waals surface area contributed by atoms with E-state index in [1.165, 1.54) is 6.20 Å². The third-order valence-corrected chi connectivity index (χ3v) is 4.27. The molecule has 1 atom stereocenters. The second-order valence-electron chi connectivity index (χ2n) is 5.24. The monoisotopic (exact) mass is 311 g/mol. The molecule has 0 N–H and O–H groups in total. The quantitative estimate of drug-likeness (QED) is 0.721. The number of sulfone groups is 1. The number of rotatable bonds is 2. The second kappa shape index (κ2) is 4.92. The van der Waals surface area contributed by atoms with Gasteiger partial charge in [0.2, 0.25) is 15.0 Å². The molecule has 114 valence electrons. The van der Waals surface area contributed by atoms with E-state index >= 15 is 0 Å². The van der Waals surface area contributed by atoms with E-state index in [0.29, 0.717) is 12.3 Å². The van der Waals surface area contributed by atoms with Gasteiger partial charge in [-0.05, 0) is 6.92 Å². The molecule has 8 nitrogen and oxygen atoms in total. The lowest BCUT2D eigenvalue weighted by Crippen LogP contribution is -2.41. The Hall–Kier alpha value is -1.74. The van der Waals surface area contributed by atoms with Gasteiger partial charge in [-0.2, -0.15) is 10.1 Å². The summed E-state index contributed by atoms with van der Waals surface area (Å²) in [6, 6.07) is 0. The molecule has 0 bridgehead atoms. The minimum absolute atomic E-state index is 0.131. The SMILES string of the molecule is CC1CN(c2nn(C)c3nc(S(C)(=O)=O)ncc23)CCO1. The third kappa shape index (κ3) is 2.58. The van der Waals surface area contributed by atoms with Crippen molar-refractivity contribution in [3.05, 3.63) is 6.20 Å². The molecule has 0 radical (unpaired) electrons. The lowest BCUT2D eigenvalue weighted by Gasteiger charge is -2.31. The van der Waals surface area contributed by atoms with E-state index in [2.05, 4.69) is 20.0 Å². The van der Waals surface area contributed by atoms with Crippen LogP contribution in [-0.2, 0) is 21.6 Å². The van der Waals surface area contributed by atoms with Gasteiger partial charge in [0.05, 0.1) is 18.1 Å². The maximum atomic E-state index is 11.6. The molecule has 3 rings (SSSR count). The van der Waals surface area contributed by atoms with Crippen molar-refractivity contribution in [3.63, 3.8) is 0 Å². The van der Waals surface area contributed by atoms with Crippen LogP contribution in [0.1, 0.15) is 6.92 Å². The number of hydrogen-bond donors (Lipinski definition) is 0. The van der Waals surface area contributed by atoms with Crippen LogP contribution in [0.25, 0.3) is 11.0 Å². The Bertz CT molecular complexity index is 786. The van der Waals surface area contributed by atoms with Crippen LogP contribution < -0.4 is 4.90 Å². The third-order valence-electron chi connectivity index (χ3n) is 3.41. The van der Waals surface area contributed by atoms with E-state index in [-0.39, 0.29) is 11.3 Å². The van der Waals surface area contributed by atoms with E-state index in [9.17, 15) is 8.42 Å². The van der Waals surface area contributed by atoms with Gasteiger partial charge in [-0.25, -0.2) is 18.1 Å². The van der Waals surface area contributed by atoms with Crippen LogP contribution in [0, 0.1) is 0 Å². The molecule has 0 spiro atoms. The van der Waals surface area contributed by atoms with Gasteiger partial charge in [0, 0.05) is 32.6 Å². The van der Waals surface area contributed by atoms with Gasteiger partial charge in [-0.3, -0.25) is 0 Å². The van der Waals surface area contributed by atoms with E-state index in [1.54, 1.807) is 11.7 Å². The Morgan fingerprint density at radius 1 is 1.43 bits per heavy atom. The van der Waals surface area contributed by atoms with Crippen LogP contribution in [0.15, 0.2) is 11.4 Å². The van der Waals surface area contributed by atoms with Gasteiger partial charge in [-0.1, -0.05) is 0 Å². The van der Waals surface area contributed by atoms with Crippen molar-refractivity contribution in [2.24, 2.45) is 7.05 Å². The summed E-state index contributed by atoms with van der Waals surface area (Å²) >= 11 is 0. The highest BCUT2D eigenvalue weighted by Crippen LogP contribution is 2.25. The number of fused-ring (bicyclic) bond motifs is 1. The Morgan fingerprint density at radius 2 is 2.19 bits per heavy atom. The molecule has 0 aromatic carbocycles. The summed E-state index contributed by atoms with van der Waals surface area (Å²) in [7, 11) is -1.69. The smallest absolute Gasteiger partial charge is 0.248 e. The topological polar surface area (TPSA) is 90.2 Å². The van der Waals surface area contributed by atoms with Crippen molar-refractivity contribution < 1.29 is 13.2 Å². The highest BCUT2D eigenvalue weighted by Gasteiger charge is 2.23. The van der Waals surface area contributed by atoms with Crippen molar-refractivity contribution in [1.29, 1.82) is 0 Å². The molecule has 0 saturated carbocycles. The lowest BCUT2D eigenvalue weighted by atomic mass is 10.3. The van der Waals surface area contributed by atoms with Gasteiger partial charge in [-0.15, -0.1) is 0 Å². The summed E-state index contributed by atoms with van der Waals surface area (Å²) in [4.78, 5) is 10.2. The molecule has 0 amide bonds. The first kappa shape index (κ1) is 14.2. The molecule has 21 heavy (non-hydrogen) atoms. The molecule has 2 aromatic heterocycles. The molecule has 0 aliphatic carbocycles. The normalized spacial score (nSPS) is 20.1. The van der Waals surface area contributed by atoms with E-state index in [1.807, 2.05) is 6.92 Å². The van der Waals surface area contributed by atoms with Crippen molar-refractivity contribution in [2.75, 3.05) is 30.9 Å². The Kier molecular flexibility index (Phi) is 3.33. The maximum Gasteiger partial charge on any atom is 0.248 e. The number of aromatic nitrogens is 4. The van der Waals surface area contributed by atoms with Crippen LogP contribution in [0.5, 0.6) is 0 Å². The molecular weight excluding hydrogens is 294 g/mol. The van der Waals surface area contributed by atoms with Gasteiger partial charge >= 0.3 is 0 Å². The van der Waals surface area contributed by atoms with Crippen LogP contribution >= 0.6 is 0 Å². The highest BCUT2D eigenvalue weighted by molar-refractivity contribution is 7.90. The maximum absolute atomic E-state index is 11.6. The van der Waals surface area contributed by atoms with Crippen LogP contribution in [0.3, 0.4) is 0 Å². The molecule has 2 aromatic rings. The summed E-state index contributed by atoms with van der Waals surface area (Å²) in [5, 5.41) is 5.03. The molecule has 1 unspecified atom stereocenters. The molecule has 1 aliphatic rings. The van der Waals surface area contributed by atoms with E-state index in [4.69, 9.17) is 4.74 Å². The summed E-state index contributed by atoms with van der Waals surface area (Å²) in [6.45, 7) is 4.13. The molecular formula is C12H17N5O3S. The first-order chi connectivity index (χ1) is 9.86. The molecule has 1 fully saturated rings. The second-order valence-corrected chi connectivity index (χ2v) is 7.15. The van der Waals surface area contributed by atoms with Crippen LogP contribution in [-0.4, -0.2) is 60.2 Å². The number of anilines is 1. The Labute approximate surface area is 122 Å². The van der Waals surface area contributed by atoms with Crippen molar-refractivity contribution >= 4 is 26.7 Å². The summed E-state index contributed by atoms with van der Waals surface area (Å²) in [5.74, 6) is 0.766. The molecule has 9 heteroatoms. The van der Waals surface area contributed by atoms with Crippen molar-refractivity contribution in [1.82, 2.24) is 19.7 Å². The van der Waals surface area contributed by atoms with Crippen LogP contribution in [0.4, 0.5) is 5.82 Å². The first-order valence-electron chi connectivity index (χ1n) is 6.62. The standard InChI is InChI=1S/C12H17N5O3S/c1-8-7-17(4-5-20-8)11-9-6-13-12(21(3,18)19)14-10(9)16(2)15-11/h6,8H,4-5,7H2,1-3H3. The number of ether oxygens (including phenoxy) is 1. The Morgan fingerprint density at radius 3 is 2.86 bits per heavy atom. The fourth-order valence-electron chi connectivity index (χ4n) is 2.43. The largest absolute Gasteiger partial charge is 0.375 e. The van der Waals surface area contributed by atoms with Gasteiger partial charge in [0.15, 0.2) is 11.5 Å². The predicted molar refractivity (Wildman–Crippen MR) is 77.0 cm³/mol. The van der Waals surface area contributed by atoms with Crippen molar-refractivity contribution in [2.45, 2.75) is 18.2 Å². The predicted octanol–water partition coefficient (Wildman–Crippen LogP) is -0.00810. The fourth-order valence-corrected chi connectivity index (χ4v) is 2.92. The molecule has 1 aliphatic heterocycles. The zero-order valence-corrected chi connectivity index (χ0v) is 13.0. The van der Waals surface area contributed by atoms with Gasteiger partial charge in [0.1, 0.15) is 0 Å². The number of nitrogens with zero attached hydrogens (tertiary/aromatic N) is 5. The summed E-state index contributed by atoms with van der Waals surface area (Å²) in [6.07, 6.45) is 2.75. The molecule has 3 heterocycles. The highest BCUT2D eigenvalue weighted by atomic mass is 32.2. The lowest BCUT2D eigenvalue weighted by molar-refractivity contribution is 0.0530. The summed E-state index contributed by atoms with van der Waals surface area (Å²) < 4.78 is 30.2. The Balaban J connectivity index is 2.09. The molecule has 1 saturated heterocycles. The van der Waals surface area contributed by atoms with Crippen molar-refractivity contribution in [3.8, 4) is 0 Å². The van der Waals surface area contributed by atoms with Crippen LogP contribution in [0.2, 0.25) is 0 Å². The zero-order chi connectivity index (χ0) is 15.2.